The molecule has 0 fully saturated rings. The largest absolute Gasteiger partial charge is 0.309 e. The summed E-state index contributed by atoms with van der Waals surface area (Å²) in [4.78, 5) is 0. The van der Waals surface area contributed by atoms with Gasteiger partial charge in [-0.1, -0.05) is 51.7 Å². The number of nitrogens with one attached hydrogen (secondary N) is 1. The smallest absolute Gasteiger partial charge is 0.0964 e. The van der Waals surface area contributed by atoms with Crippen LogP contribution in [-0.4, -0.2) is 21.0 Å². The van der Waals surface area contributed by atoms with Gasteiger partial charge in [-0.15, -0.1) is 5.10 Å². The topological polar surface area (TPSA) is 42.7 Å². The second-order valence-electron chi connectivity index (χ2n) is 4.92. The van der Waals surface area contributed by atoms with Gasteiger partial charge in [-0.2, -0.15) is 0 Å². The molecule has 1 aromatic rings. The minimum atomic E-state index is 0.495. The number of rotatable bonds is 9. The molecular weight excluding hydrogens is 212 g/mol. The van der Waals surface area contributed by atoms with Crippen molar-refractivity contribution >= 4 is 0 Å². The number of hydrogen-bond acceptors (Lipinski definition) is 3. The van der Waals surface area contributed by atoms with E-state index in [9.17, 15) is 0 Å². The molecule has 0 unspecified atom stereocenters. The van der Waals surface area contributed by atoms with Crippen LogP contribution in [0.5, 0.6) is 0 Å². The molecule has 0 aliphatic carbocycles. The molecule has 0 aliphatic heterocycles. The van der Waals surface area contributed by atoms with Crippen LogP contribution < -0.4 is 5.32 Å². The van der Waals surface area contributed by atoms with Gasteiger partial charge in [0.25, 0.3) is 0 Å². The summed E-state index contributed by atoms with van der Waals surface area (Å²) in [5.74, 6) is 0. The minimum absolute atomic E-state index is 0.495. The molecule has 1 heterocycles. The fourth-order valence-corrected chi connectivity index (χ4v) is 1.71. The first-order chi connectivity index (χ1) is 8.22. The number of hydrogen-bond donors (Lipinski definition) is 1. The Labute approximate surface area is 105 Å². The monoisotopic (exact) mass is 238 g/mol. The Kier molecular flexibility index (Phi) is 6.86. The van der Waals surface area contributed by atoms with Crippen LogP contribution >= 0.6 is 0 Å². The van der Waals surface area contributed by atoms with Gasteiger partial charge in [-0.25, -0.2) is 0 Å². The average molecular weight is 238 g/mol. The summed E-state index contributed by atoms with van der Waals surface area (Å²) in [5.41, 5.74) is 1.03. The van der Waals surface area contributed by atoms with Gasteiger partial charge in [-0.05, 0) is 6.42 Å². The van der Waals surface area contributed by atoms with Gasteiger partial charge < -0.3 is 5.32 Å². The third kappa shape index (κ3) is 6.41. The Morgan fingerprint density at radius 1 is 1.24 bits per heavy atom. The molecule has 1 N–H and O–H groups in total. The highest BCUT2D eigenvalue weighted by Crippen LogP contribution is 2.04. The van der Waals surface area contributed by atoms with E-state index in [-0.39, 0.29) is 0 Å². The lowest BCUT2D eigenvalue weighted by molar-refractivity contribution is 0.521. The van der Waals surface area contributed by atoms with Gasteiger partial charge in [0.15, 0.2) is 0 Å². The van der Waals surface area contributed by atoms with E-state index in [0.29, 0.717) is 6.04 Å². The molecule has 1 rings (SSSR count). The molecule has 0 aliphatic rings. The SMILES string of the molecule is CCCCCCCn1cc(CNC(C)C)nn1. The maximum atomic E-state index is 4.15. The van der Waals surface area contributed by atoms with Crippen molar-refractivity contribution in [3.05, 3.63) is 11.9 Å². The van der Waals surface area contributed by atoms with Crippen molar-refractivity contribution in [3.8, 4) is 0 Å². The van der Waals surface area contributed by atoms with E-state index >= 15 is 0 Å². The number of aromatic nitrogens is 3. The Hall–Kier alpha value is -0.900. The van der Waals surface area contributed by atoms with Gasteiger partial charge in [0.2, 0.25) is 0 Å². The van der Waals surface area contributed by atoms with Crippen LogP contribution in [0.1, 0.15) is 58.6 Å². The molecule has 1 aromatic heterocycles. The molecule has 0 spiro atoms. The zero-order valence-electron chi connectivity index (χ0n) is 11.4. The summed E-state index contributed by atoms with van der Waals surface area (Å²) in [5, 5.41) is 11.6. The lowest BCUT2D eigenvalue weighted by Gasteiger charge is -2.04. The summed E-state index contributed by atoms with van der Waals surface area (Å²) < 4.78 is 1.96. The van der Waals surface area contributed by atoms with Crippen LogP contribution in [0.2, 0.25) is 0 Å². The Bertz CT molecular complexity index is 293. The summed E-state index contributed by atoms with van der Waals surface area (Å²) in [6, 6.07) is 0.495. The first-order valence-corrected chi connectivity index (χ1v) is 6.84. The third-order valence-electron chi connectivity index (χ3n) is 2.77. The first kappa shape index (κ1) is 14.2. The minimum Gasteiger partial charge on any atom is -0.309 e. The van der Waals surface area contributed by atoms with E-state index in [1.807, 2.05) is 4.68 Å². The second kappa shape index (κ2) is 8.23. The molecule has 4 heteroatoms. The zero-order valence-corrected chi connectivity index (χ0v) is 11.4. The predicted molar refractivity (Wildman–Crippen MR) is 70.8 cm³/mol. The molecule has 98 valence electrons. The van der Waals surface area contributed by atoms with E-state index in [0.717, 1.165) is 18.8 Å². The molecular formula is C13H26N4. The Balaban J connectivity index is 2.17. The highest BCUT2D eigenvalue weighted by Gasteiger charge is 2.01. The maximum Gasteiger partial charge on any atom is 0.0964 e. The fraction of sp³-hybridized carbons (Fsp3) is 0.846. The van der Waals surface area contributed by atoms with E-state index < -0.39 is 0 Å². The van der Waals surface area contributed by atoms with Crippen LogP contribution in [-0.2, 0) is 13.1 Å². The maximum absolute atomic E-state index is 4.15. The van der Waals surface area contributed by atoms with Crippen LogP contribution in [0.3, 0.4) is 0 Å². The molecule has 0 aromatic carbocycles. The lowest BCUT2D eigenvalue weighted by atomic mass is 10.1. The fourth-order valence-electron chi connectivity index (χ4n) is 1.71. The van der Waals surface area contributed by atoms with Crippen molar-refractivity contribution in [2.24, 2.45) is 0 Å². The van der Waals surface area contributed by atoms with Crippen molar-refractivity contribution in [2.75, 3.05) is 0 Å². The van der Waals surface area contributed by atoms with Crippen LogP contribution in [0.25, 0.3) is 0 Å². The van der Waals surface area contributed by atoms with Gasteiger partial charge in [-0.3, -0.25) is 4.68 Å². The number of nitrogens with zero attached hydrogens (tertiary/aromatic N) is 3. The van der Waals surface area contributed by atoms with Crippen molar-refractivity contribution in [2.45, 2.75) is 72.0 Å². The standard InChI is InChI=1S/C13H26N4/c1-4-5-6-7-8-9-17-11-13(15-16-17)10-14-12(2)3/h11-12,14H,4-10H2,1-3H3. The number of unbranched alkanes of at least 4 members (excludes halogenated alkanes) is 4. The van der Waals surface area contributed by atoms with Gasteiger partial charge in [0.1, 0.15) is 0 Å². The normalized spacial score (nSPS) is 11.3. The van der Waals surface area contributed by atoms with Crippen molar-refractivity contribution in [1.82, 2.24) is 20.3 Å². The van der Waals surface area contributed by atoms with E-state index in [1.165, 1.54) is 32.1 Å². The van der Waals surface area contributed by atoms with E-state index in [2.05, 4.69) is 42.6 Å². The molecule has 0 atom stereocenters. The third-order valence-corrected chi connectivity index (χ3v) is 2.77. The molecule has 0 bridgehead atoms. The van der Waals surface area contributed by atoms with Crippen LogP contribution in [0, 0.1) is 0 Å². The second-order valence-corrected chi connectivity index (χ2v) is 4.92. The average Bonchev–Trinajstić information content (AvgIpc) is 2.74. The zero-order chi connectivity index (χ0) is 12.5. The predicted octanol–water partition coefficient (Wildman–Crippen LogP) is 2.75. The lowest BCUT2D eigenvalue weighted by Crippen LogP contribution is -2.21. The Morgan fingerprint density at radius 3 is 2.71 bits per heavy atom. The molecule has 0 radical (unpaired) electrons. The highest BCUT2D eigenvalue weighted by atomic mass is 15.4. The van der Waals surface area contributed by atoms with Crippen molar-refractivity contribution in [3.63, 3.8) is 0 Å². The van der Waals surface area contributed by atoms with Gasteiger partial charge in [0, 0.05) is 25.3 Å². The van der Waals surface area contributed by atoms with Crippen LogP contribution in [0.15, 0.2) is 6.20 Å². The van der Waals surface area contributed by atoms with E-state index in [1.54, 1.807) is 0 Å². The summed E-state index contributed by atoms with van der Waals surface area (Å²) in [6.07, 6.45) is 8.55. The molecule has 4 nitrogen and oxygen atoms in total. The summed E-state index contributed by atoms with van der Waals surface area (Å²) in [6.45, 7) is 8.33. The quantitative estimate of drug-likeness (QED) is 0.673. The van der Waals surface area contributed by atoms with Gasteiger partial charge in [0.05, 0.1) is 5.69 Å². The first-order valence-electron chi connectivity index (χ1n) is 6.84. The van der Waals surface area contributed by atoms with Gasteiger partial charge >= 0.3 is 0 Å². The summed E-state index contributed by atoms with van der Waals surface area (Å²) in [7, 11) is 0. The summed E-state index contributed by atoms with van der Waals surface area (Å²) >= 11 is 0. The highest BCUT2D eigenvalue weighted by molar-refractivity contribution is 4.91. The van der Waals surface area contributed by atoms with Crippen molar-refractivity contribution in [1.29, 1.82) is 0 Å². The molecule has 0 saturated heterocycles. The van der Waals surface area contributed by atoms with Crippen molar-refractivity contribution < 1.29 is 0 Å². The molecule has 0 amide bonds. The van der Waals surface area contributed by atoms with E-state index in [4.69, 9.17) is 0 Å². The molecule has 17 heavy (non-hydrogen) atoms. The molecule has 0 saturated carbocycles. The Morgan fingerprint density at radius 2 is 2.00 bits per heavy atom. The van der Waals surface area contributed by atoms with Crippen LogP contribution in [0.4, 0.5) is 0 Å². The number of aryl methyl sites for hydroxylation is 1.